The molecule has 2 aliphatic rings. The molecule has 21 heavy (non-hydrogen) atoms. The molecule has 0 unspecified atom stereocenters. The van der Waals surface area contributed by atoms with E-state index in [1.807, 2.05) is 0 Å². The Kier molecular flexibility index (Phi) is 3.98. The molecule has 1 aromatic rings. The lowest BCUT2D eigenvalue weighted by atomic mass is 9.93. The summed E-state index contributed by atoms with van der Waals surface area (Å²) in [6, 6.07) is 6.77. The van der Waals surface area contributed by atoms with Crippen molar-refractivity contribution < 1.29 is 13.2 Å². The molecule has 0 saturated carbocycles. The third kappa shape index (κ3) is 3.41. The molecular formula is C14H18N2O3S2. The number of thioether (sulfide) groups is 1. The van der Waals surface area contributed by atoms with Crippen LogP contribution in [0.4, 0.5) is 5.69 Å². The van der Waals surface area contributed by atoms with Crippen molar-refractivity contribution in [2.75, 3.05) is 30.5 Å². The zero-order chi connectivity index (χ0) is 14.9. The summed E-state index contributed by atoms with van der Waals surface area (Å²) in [6.07, 6.45) is 3.15. The van der Waals surface area contributed by atoms with Gasteiger partial charge in [0.15, 0.2) is 15.0 Å². The Morgan fingerprint density at radius 3 is 2.52 bits per heavy atom. The smallest absolute Gasteiger partial charge is 0.175 e. The number of anilines is 1. The van der Waals surface area contributed by atoms with Crippen molar-refractivity contribution in [3.05, 3.63) is 24.3 Å². The van der Waals surface area contributed by atoms with Crippen LogP contribution in [-0.4, -0.2) is 44.3 Å². The van der Waals surface area contributed by atoms with Gasteiger partial charge in [-0.15, -0.1) is 0 Å². The van der Waals surface area contributed by atoms with Crippen molar-refractivity contribution in [1.82, 2.24) is 0 Å². The van der Waals surface area contributed by atoms with Crippen LogP contribution in [0.1, 0.15) is 12.8 Å². The van der Waals surface area contributed by atoms with E-state index in [9.17, 15) is 8.42 Å². The van der Waals surface area contributed by atoms with Crippen molar-refractivity contribution in [2.24, 2.45) is 4.99 Å². The van der Waals surface area contributed by atoms with Gasteiger partial charge in [-0.2, -0.15) is 0 Å². The van der Waals surface area contributed by atoms with Gasteiger partial charge in [-0.1, -0.05) is 11.8 Å². The highest BCUT2D eigenvalue weighted by atomic mass is 32.2. The SMILES string of the molecule is CS(=O)(=O)c1ccc(NC2=NC3(CCOCC3)CS2)cc1. The minimum atomic E-state index is -3.15. The Balaban J connectivity index is 1.71. The zero-order valence-corrected chi connectivity index (χ0v) is 13.5. The van der Waals surface area contributed by atoms with Crippen molar-refractivity contribution in [1.29, 1.82) is 0 Å². The first-order chi connectivity index (χ1) is 9.97. The molecule has 0 bridgehead atoms. The van der Waals surface area contributed by atoms with Gasteiger partial charge in [-0.05, 0) is 37.1 Å². The molecule has 2 heterocycles. The lowest BCUT2D eigenvalue weighted by Crippen LogP contribution is -2.34. The fourth-order valence-corrected chi connectivity index (χ4v) is 4.30. The van der Waals surface area contributed by atoms with Gasteiger partial charge in [-0.3, -0.25) is 4.99 Å². The fraction of sp³-hybridized carbons (Fsp3) is 0.500. The highest BCUT2D eigenvalue weighted by Crippen LogP contribution is 2.36. The van der Waals surface area contributed by atoms with Crippen molar-refractivity contribution in [3.63, 3.8) is 0 Å². The average molecular weight is 326 g/mol. The highest BCUT2D eigenvalue weighted by Gasteiger charge is 2.37. The molecule has 1 N–H and O–H groups in total. The maximum absolute atomic E-state index is 11.4. The summed E-state index contributed by atoms with van der Waals surface area (Å²) in [5.74, 6) is 0.986. The lowest BCUT2D eigenvalue weighted by Gasteiger charge is -2.29. The number of nitrogens with zero attached hydrogens (tertiary/aromatic N) is 1. The Bertz CT molecular complexity index is 647. The molecule has 0 amide bonds. The topological polar surface area (TPSA) is 67.8 Å². The van der Waals surface area contributed by atoms with Gasteiger partial charge in [0.05, 0.1) is 10.4 Å². The van der Waals surface area contributed by atoms with Crippen LogP contribution in [0.15, 0.2) is 34.2 Å². The Morgan fingerprint density at radius 2 is 1.90 bits per heavy atom. The van der Waals surface area contributed by atoms with E-state index < -0.39 is 9.84 Å². The number of rotatable bonds is 2. The maximum Gasteiger partial charge on any atom is 0.175 e. The van der Waals surface area contributed by atoms with Crippen LogP contribution in [-0.2, 0) is 14.6 Å². The predicted molar refractivity (Wildman–Crippen MR) is 85.9 cm³/mol. The first-order valence-electron chi connectivity index (χ1n) is 6.85. The van der Waals surface area contributed by atoms with Crippen LogP contribution in [0.2, 0.25) is 0 Å². The fourth-order valence-electron chi connectivity index (χ4n) is 2.46. The van der Waals surface area contributed by atoms with Gasteiger partial charge in [0.25, 0.3) is 0 Å². The minimum Gasteiger partial charge on any atom is -0.381 e. The van der Waals surface area contributed by atoms with Crippen molar-refractivity contribution >= 4 is 32.5 Å². The summed E-state index contributed by atoms with van der Waals surface area (Å²) in [4.78, 5) is 5.14. The molecular weight excluding hydrogens is 308 g/mol. The largest absolute Gasteiger partial charge is 0.381 e. The second kappa shape index (κ2) is 5.62. The highest BCUT2D eigenvalue weighted by molar-refractivity contribution is 8.14. The van der Waals surface area contributed by atoms with Crippen LogP contribution < -0.4 is 5.32 Å². The Hall–Kier alpha value is -1.05. The van der Waals surface area contributed by atoms with Gasteiger partial charge >= 0.3 is 0 Å². The van der Waals surface area contributed by atoms with E-state index in [2.05, 4.69) is 5.32 Å². The van der Waals surface area contributed by atoms with Crippen LogP contribution in [0.3, 0.4) is 0 Å². The summed E-state index contributed by atoms with van der Waals surface area (Å²) < 4.78 is 28.3. The normalized spacial score (nSPS) is 21.3. The van der Waals surface area contributed by atoms with Gasteiger partial charge < -0.3 is 10.1 Å². The second-order valence-corrected chi connectivity index (χ2v) is 8.44. The molecule has 0 atom stereocenters. The van der Waals surface area contributed by atoms with Gasteiger partial charge in [0.1, 0.15) is 0 Å². The zero-order valence-electron chi connectivity index (χ0n) is 11.8. The Morgan fingerprint density at radius 1 is 1.24 bits per heavy atom. The number of hydrogen-bond acceptors (Lipinski definition) is 6. The molecule has 1 spiro atoms. The van der Waals surface area contributed by atoms with E-state index in [1.54, 1.807) is 36.0 Å². The molecule has 0 aromatic heterocycles. The van der Waals surface area contributed by atoms with Crippen LogP contribution >= 0.6 is 11.8 Å². The monoisotopic (exact) mass is 326 g/mol. The van der Waals surface area contributed by atoms with E-state index >= 15 is 0 Å². The lowest BCUT2D eigenvalue weighted by molar-refractivity contribution is 0.0624. The number of sulfone groups is 1. The van der Waals surface area contributed by atoms with E-state index in [0.29, 0.717) is 4.90 Å². The number of ether oxygens (including phenoxy) is 1. The predicted octanol–water partition coefficient (Wildman–Crippen LogP) is 2.15. The minimum absolute atomic E-state index is 0.0257. The summed E-state index contributed by atoms with van der Waals surface area (Å²) >= 11 is 1.72. The quantitative estimate of drug-likeness (QED) is 0.902. The third-order valence-corrected chi connectivity index (χ3v) is 6.05. The second-order valence-electron chi connectivity index (χ2n) is 5.46. The molecule has 5 nitrogen and oxygen atoms in total. The van der Waals surface area contributed by atoms with Crippen molar-refractivity contribution in [3.8, 4) is 0 Å². The first kappa shape index (κ1) is 14.9. The van der Waals surface area contributed by atoms with Gasteiger partial charge in [-0.25, -0.2) is 8.42 Å². The van der Waals surface area contributed by atoms with Crippen LogP contribution in [0, 0.1) is 0 Å². The molecule has 3 rings (SSSR count). The Labute approximate surface area is 129 Å². The van der Waals surface area contributed by atoms with E-state index in [-0.39, 0.29) is 5.54 Å². The molecule has 0 radical (unpaired) electrons. The molecule has 1 aromatic carbocycles. The molecule has 0 aliphatic carbocycles. The standard InChI is InChI=1S/C14H18N2O3S2/c1-21(17,18)12-4-2-11(3-5-12)15-13-16-14(10-20-13)6-8-19-9-7-14/h2-5H,6-10H2,1H3,(H,15,16). The van der Waals surface area contributed by atoms with E-state index in [0.717, 1.165) is 42.7 Å². The third-order valence-electron chi connectivity index (χ3n) is 3.77. The maximum atomic E-state index is 11.4. The summed E-state index contributed by atoms with van der Waals surface area (Å²) in [7, 11) is -3.15. The number of aliphatic imine (C=N–C) groups is 1. The van der Waals surface area contributed by atoms with Crippen molar-refractivity contribution in [2.45, 2.75) is 23.3 Å². The summed E-state index contributed by atoms with van der Waals surface area (Å²) in [5.41, 5.74) is 0.885. The van der Waals surface area contributed by atoms with Gasteiger partial charge in [0.2, 0.25) is 0 Å². The summed E-state index contributed by atoms with van der Waals surface area (Å²) in [5, 5.41) is 4.17. The molecule has 1 fully saturated rings. The average Bonchev–Trinajstić information content (AvgIpc) is 2.82. The number of benzene rings is 1. The van der Waals surface area contributed by atoms with E-state index in [1.165, 1.54) is 6.26 Å². The number of hydrogen-bond donors (Lipinski definition) is 1. The van der Waals surface area contributed by atoms with Crippen LogP contribution in [0.5, 0.6) is 0 Å². The molecule has 2 aliphatic heterocycles. The molecule has 114 valence electrons. The molecule has 7 heteroatoms. The summed E-state index contributed by atoms with van der Waals surface area (Å²) in [6.45, 7) is 1.56. The number of amidine groups is 1. The van der Waals surface area contributed by atoms with Crippen LogP contribution in [0.25, 0.3) is 0 Å². The van der Waals surface area contributed by atoms with E-state index in [4.69, 9.17) is 9.73 Å². The molecule has 1 saturated heterocycles. The first-order valence-corrected chi connectivity index (χ1v) is 9.72. The number of nitrogens with one attached hydrogen (secondary N) is 1. The van der Waals surface area contributed by atoms with Gasteiger partial charge in [0, 0.05) is 30.9 Å².